The molecule has 2 aromatic carbocycles. The molecule has 4 aromatic rings. The van der Waals surface area contributed by atoms with E-state index in [-0.39, 0.29) is 5.91 Å². The van der Waals surface area contributed by atoms with Gasteiger partial charge in [-0.2, -0.15) is 10.2 Å². The maximum absolute atomic E-state index is 11.6. The summed E-state index contributed by atoms with van der Waals surface area (Å²) in [5, 5.41) is 16.9. The first-order chi connectivity index (χ1) is 15.6. The van der Waals surface area contributed by atoms with E-state index < -0.39 is 0 Å². The highest BCUT2D eigenvalue weighted by Gasteiger charge is 2.11. The molecular weight excluding hydrogens is 422 g/mol. The van der Waals surface area contributed by atoms with E-state index in [4.69, 9.17) is 10.00 Å². The van der Waals surface area contributed by atoms with Crippen molar-refractivity contribution in [1.82, 2.24) is 9.97 Å². The van der Waals surface area contributed by atoms with Gasteiger partial charge in [-0.1, -0.05) is 24.8 Å². The van der Waals surface area contributed by atoms with Gasteiger partial charge in [-0.15, -0.1) is 11.3 Å². The van der Waals surface area contributed by atoms with Gasteiger partial charge in [-0.25, -0.2) is 4.98 Å². The van der Waals surface area contributed by atoms with Crippen LogP contribution in [0.4, 0.5) is 17.3 Å². The molecule has 0 atom stereocenters. The van der Waals surface area contributed by atoms with Crippen LogP contribution in [0.1, 0.15) is 5.56 Å². The van der Waals surface area contributed by atoms with Gasteiger partial charge in [0.25, 0.3) is 0 Å². The van der Waals surface area contributed by atoms with E-state index in [1.165, 1.54) is 6.08 Å². The molecule has 0 spiro atoms. The SMILES string of the molecule is C=CC(=O)Nc1cccc(Oc2cc(-c3cccs3)nc(Nc3cccc(C#N)c3)n2)c1. The summed E-state index contributed by atoms with van der Waals surface area (Å²) < 4.78 is 5.98. The number of carbonyl (C=O) groups is 1. The second-order valence-electron chi connectivity index (χ2n) is 6.53. The van der Waals surface area contributed by atoms with Crippen molar-refractivity contribution < 1.29 is 9.53 Å². The Morgan fingerprint density at radius 3 is 2.69 bits per heavy atom. The number of anilines is 3. The summed E-state index contributed by atoms with van der Waals surface area (Å²) in [7, 11) is 0. The summed E-state index contributed by atoms with van der Waals surface area (Å²) in [4.78, 5) is 21.6. The number of amides is 1. The Labute approximate surface area is 188 Å². The first-order valence-corrected chi connectivity index (χ1v) is 10.4. The third kappa shape index (κ3) is 5.16. The number of aromatic nitrogens is 2. The Hall–Kier alpha value is -4.48. The predicted octanol–water partition coefficient (Wildman–Crippen LogP) is 5.74. The highest BCUT2D eigenvalue weighted by atomic mass is 32.1. The van der Waals surface area contributed by atoms with E-state index in [0.717, 1.165) is 4.88 Å². The number of nitriles is 1. The van der Waals surface area contributed by atoms with E-state index in [2.05, 4.69) is 33.2 Å². The van der Waals surface area contributed by atoms with Crippen molar-refractivity contribution in [3.63, 3.8) is 0 Å². The molecule has 8 heteroatoms. The van der Waals surface area contributed by atoms with Crippen LogP contribution in [-0.2, 0) is 4.79 Å². The molecule has 2 N–H and O–H groups in total. The molecule has 32 heavy (non-hydrogen) atoms. The maximum atomic E-state index is 11.6. The van der Waals surface area contributed by atoms with E-state index in [9.17, 15) is 4.79 Å². The van der Waals surface area contributed by atoms with Gasteiger partial charge in [0, 0.05) is 23.5 Å². The van der Waals surface area contributed by atoms with Gasteiger partial charge in [-0.05, 0) is 47.9 Å². The number of nitrogens with zero attached hydrogens (tertiary/aromatic N) is 3. The summed E-state index contributed by atoms with van der Waals surface area (Å²) in [5.41, 5.74) is 2.48. The summed E-state index contributed by atoms with van der Waals surface area (Å²) in [5.74, 6) is 0.849. The molecule has 2 heterocycles. The highest BCUT2D eigenvalue weighted by molar-refractivity contribution is 7.13. The van der Waals surface area contributed by atoms with Crippen molar-refractivity contribution in [3.8, 4) is 28.3 Å². The second kappa shape index (κ2) is 9.55. The molecule has 0 saturated carbocycles. The number of nitrogens with one attached hydrogen (secondary N) is 2. The van der Waals surface area contributed by atoms with Gasteiger partial charge in [-0.3, -0.25) is 4.79 Å². The average molecular weight is 440 g/mol. The summed E-state index contributed by atoms with van der Waals surface area (Å²) in [6.45, 7) is 3.45. The topological polar surface area (TPSA) is 99.9 Å². The molecule has 4 rings (SSSR count). The largest absolute Gasteiger partial charge is 0.439 e. The summed E-state index contributed by atoms with van der Waals surface area (Å²) in [6.07, 6.45) is 1.20. The Bertz CT molecular complexity index is 1310. The van der Waals surface area contributed by atoms with Crippen molar-refractivity contribution in [3.05, 3.63) is 90.3 Å². The highest BCUT2D eigenvalue weighted by Crippen LogP contribution is 2.30. The fourth-order valence-corrected chi connectivity index (χ4v) is 3.52. The van der Waals surface area contributed by atoms with Crippen LogP contribution in [0.3, 0.4) is 0 Å². The van der Waals surface area contributed by atoms with Crippen LogP contribution < -0.4 is 15.4 Å². The molecule has 0 radical (unpaired) electrons. The first-order valence-electron chi connectivity index (χ1n) is 9.54. The van der Waals surface area contributed by atoms with Crippen LogP contribution in [-0.4, -0.2) is 15.9 Å². The van der Waals surface area contributed by atoms with Crippen molar-refractivity contribution in [1.29, 1.82) is 5.26 Å². The minimum Gasteiger partial charge on any atom is -0.439 e. The van der Waals surface area contributed by atoms with Crippen molar-refractivity contribution >= 4 is 34.6 Å². The molecule has 0 unspecified atom stereocenters. The average Bonchev–Trinajstić information content (AvgIpc) is 3.34. The Morgan fingerprint density at radius 2 is 1.91 bits per heavy atom. The number of thiophene rings is 1. The molecular formula is C24H17N5O2S. The van der Waals surface area contributed by atoms with Gasteiger partial charge in [0.05, 0.1) is 22.2 Å². The molecule has 0 saturated heterocycles. The van der Waals surface area contributed by atoms with Crippen molar-refractivity contribution in [2.75, 3.05) is 10.6 Å². The van der Waals surface area contributed by atoms with Crippen LogP contribution in [0.15, 0.2) is 84.8 Å². The Morgan fingerprint density at radius 1 is 1.06 bits per heavy atom. The molecule has 1 amide bonds. The van der Waals surface area contributed by atoms with Gasteiger partial charge < -0.3 is 15.4 Å². The van der Waals surface area contributed by atoms with Gasteiger partial charge in [0.2, 0.25) is 17.7 Å². The van der Waals surface area contributed by atoms with Crippen LogP contribution in [0.2, 0.25) is 0 Å². The zero-order valence-corrected chi connectivity index (χ0v) is 17.6. The number of hydrogen-bond acceptors (Lipinski definition) is 7. The van der Waals surface area contributed by atoms with E-state index in [1.54, 1.807) is 59.9 Å². The van der Waals surface area contributed by atoms with Crippen LogP contribution in [0, 0.1) is 11.3 Å². The molecule has 2 aromatic heterocycles. The van der Waals surface area contributed by atoms with E-state index in [1.807, 2.05) is 23.6 Å². The number of hydrogen-bond donors (Lipinski definition) is 2. The smallest absolute Gasteiger partial charge is 0.247 e. The lowest BCUT2D eigenvalue weighted by Crippen LogP contribution is -2.07. The van der Waals surface area contributed by atoms with Gasteiger partial charge in [0.1, 0.15) is 5.75 Å². The third-order valence-corrected chi connectivity index (χ3v) is 5.13. The molecule has 0 aliphatic carbocycles. The molecule has 0 bridgehead atoms. The van der Waals surface area contributed by atoms with Gasteiger partial charge >= 0.3 is 0 Å². The lowest BCUT2D eigenvalue weighted by molar-refractivity contribution is -0.111. The Balaban J connectivity index is 1.66. The molecule has 0 aliphatic heterocycles. The fourth-order valence-electron chi connectivity index (χ4n) is 2.83. The second-order valence-corrected chi connectivity index (χ2v) is 7.48. The predicted molar refractivity (Wildman–Crippen MR) is 125 cm³/mol. The maximum Gasteiger partial charge on any atom is 0.247 e. The lowest BCUT2D eigenvalue weighted by Gasteiger charge is -2.11. The van der Waals surface area contributed by atoms with Crippen molar-refractivity contribution in [2.45, 2.75) is 0 Å². The molecule has 7 nitrogen and oxygen atoms in total. The number of carbonyl (C=O) groups excluding carboxylic acids is 1. The fraction of sp³-hybridized carbons (Fsp3) is 0. The number of ether oxygens (including phenoxy) is 1. The minimum absolute atomic E-state index is 0.310. The molecule has 0 aliphatic rings. The zero-order valence-electron chi connectivity index (χ0n) is 16.8. The van der Waals surface area contributed by atoms with E-state index >= 15 is 0 Å². The Kier molecular flexibility index (Phi) is 6.20. The third-order valence-electron chi connectivity index (χ3n) is 4.23. The molecule has 156 valence electrons. The quantitative estimate of drug-likeness (QED) is 0.356. The van der Waals surface area contributed by atoms with Crippen LogP contribution in [0.25, 0.3) is 10.6 Å². The summed E-state index contributed by atoms with van der Waals surface area (Å²) >= 11 is 1.55. The van der Waals surface area contributed by atoms with Gasteiger partial charge in [0.15, 0.2) is 0 Å². The number of benzene rings is 2. The first kappa shape index (κ1) is 20.8. The van der Waals surface area contributed by atoms with Crippen LogP contribution >= 0.6 is 11.3 Å². The lowest BCUT2D eigenvalue weighted by atomic mass is 10.2. The monoisotopic (exact) mass is 439 g/mol. The van der Waals surface area contributed by atoms with Crippen LogP contribution in [0.5, 0.6) is 11.6 Å². The molecule has 0 fully saturated rings. The normalized spacial score (nSPS) is 10.1. The standard InChI is InChI=1S/C24H17N5O2S/c1-2-22(30)26-18-8-4-9-19(13-18)31-23-14-20(21-10-5-11-32-21)28-24(29-23)27-17-7-3-6-16(12-17)15-25/h2-14H,1H2,(H,26,30)(H,27,28,29). The van der Waals surface area contributed by atoms with E-state index in [0.29, 0.717) is 40.2 Å². The van der Waals surface area contributed by atoms with Crippen molar-refractivity contribution in [2.24, 2.45) is 0 Å². The zero-order chi connectivity index (χ0) is 22.3. The summed E-state index contributed by atoms with van der Waals surface area (Å²) in [6, 6.07) is 21.8. The minimum atomic E-state index is -0.310. The number of rotatable bonds is 7.